The highest BCUT2D eigenvalue weighted by atomic mass is 16.5. The molecule has 0 fully saturated rings. The summed E-state index contributed by atoms with van der Waals surface area (Å²) in [5.41, 5.74) is 0. The van der Waals surface area contributed by atoms with E-state index in [1.54, 1.807) is 0 Å². The van der Waals surface area contributed by atoms with Crippen LogP contribution in [0.3, 0.4) is 0 Å². The molecule has 0 aromatic carbocycles. The molecule has 0 aliphatic rings. The van der Waals surface area contributed by atoms with Crippen LogP contribution < -0.4 is 4.74 Å². The van der Waals surface area contributed by atoms with Crippen molar-refractivity contribution in [3.63, 3.8) is 0 Å². The van der Waals surface area contributed by atoms with Crippen LogP contribution in [0.5, 0.6) is 5.88 Å². The van der Waals surface area contributed by atoms with Crippen LogP contribution in [0.15, 0.2) is 12.3 Å². The van der Waals surface area contributed by atoms with Gasteiger partial charge in [0, 0.05) is 18.8 Å². The molecule has 0 N–H and O–H groups in total. The molecule has 0 unspecified atom stereocenters. The molecule has 0 atom stereocenters. The Morgan fingerprint density at radius 1 is 1.58 bits per heavy atom. The predicted octanol–water partition coefficient (Wildman–Crippen LogP) is 1.94. The molecule has 0 aliphatic carbocycles. The molecule has 1 aromatic heterocycles. The first-order chi connectivity index (χ1) is 5.72. The van der Waals surface area contributed by atoms with E-state index in [0.717, 1.165) is 19.0 Å². The Labute approximate surface area is 73.3 Å². The lowest BCUT2D eigenvalue weighted by atomic mass is 10.2. The largest absolute Gasteiger partial charge is 0.476 e. The standard InChI is InChI=1S/C9H16N2O/c1-4-11-6-5-9(10-11)12-7-8(2)3/h5-6,8H,4,7H2,1-3H3. The van der Waals surface area contributed by atoms with Crippen molar-refractivity contribution in [1.29, 1.82) is 0 Å². The molecule has 1 heterocycles. The summed E-state index contributed by atoms with van der Waals surface area (Å²) in [7, 11) is 0. The Balaban J connectivity index is 2.41. The van der Waals surface area contributed by atoms with Crippen molar-refractivity contribution in [2.45, 2.75) is 27.3 Å². The molecule has 0 saturated heterocycles. The molecule has 0 amide bonds. The SMILES string of the molecule is CCn1ccc(OCC(C)C)n1. The van der Waals surface area contributed by atoms with Gasteiger partial charge in [-0.15, -0.1) is 5.10 Å². The van der Waals surface area contributed by atoms with Crippen molar-refractivity contribution < 1.29 is 4.74 Å². The lowest BCUT2D eigenvalue weighted by Gasteiger charge is -2.04. The third kappa shape index (κ3) is 2.57. The molecular weight excluding hydrogens is 152 g/mol. The highest BCUT2D eigenvalue weighted by Crippen LogP contribution is 2.06. The third-order valence-electron chi connectivity index (χ3n) is 1.50. The lowest BCUT2D eigenvalue weighted by Crippen LogP contribution is -2.05. The minimum Gasteiger partial charge on any atom is -0.476 e. The first kappa shape index (κ1) is 9.10. The van der Waals surface area contributed by atoms with Gasteiger partial charge in [0.25, 0.3) is 0 Å². The maximum Gasteiger partial charge on any atom is 0.232 e. The van der Waals surface area contributed by atoms with Crippen molar-refractivity contribution >= 4 is 0 Å². The summed E-state index contributed by atoms with van der Waals surface area (Å²) in [5.74, 6) is 1.28. The van der Waals surface area contributed by atoms with E-state index in [1.807, 2.05) is 16.9 Å². The minimum absolute atomic E-state index is 0.553. The van der Waals surface area contributed by atoms with Gasteiger partial charge in [0.05, 0.1) is 6.61 Å². The van der Waals surface area contributed by atoms with Crippen molar-refractivity contribution in [2.75, 3.05) is 6.61 Å². The van der Waals surface area contributed by atoms with Crippen LogP contribution in [0, 0.1) is 5.92 Å². The van der Waals surface area contributed by atoms with Crippen LogP contribution >= 0.6 is 0 Å². The van der Waals surface area contributed by atoms with Crippen LogP contribution in [0.25, 0.3) is 0 Å². The van der Waals surface area contributed by atoms with E-state index in [0.29, 0.717) is 5.92 Å². The number of aryl methyl sites for hydroxylation is 1. The van der Waals surface area contributed by atoms with Gasteiger partial charge in [-0.1, -0.05) is 13.8 Å². The minimum atomic E-state index is 0.553. The van der Waals surface area contributed by atoms with Gasteiger partial charge in [-0.2, -0.15) is 0 Å². The van der Waals surface area contributed by atoms with Gasteiger partial charge in [0.2, 0.25) is 5.88 Å². The van der Waals surface area contributed by atoms with Crippen LogP contribution in [0.4, 0.5) is 0 Å². The molecule has 0 saturated carbocycles. The van der Waals surface area contributed by atoms with E-state index in [-0.39, 0.29) is 0 Å². The summed E-state index contributed by atoms with van der Waals surface area (Å²) in [6.07, 6.45) is 1.93. The summed E-state index contributed by atoms with van der Waals surface area (Å²) >= 11 is 0. The van der Waals surface area contributed by atoms with E-state index in [9.17, 15) is 0 Å². The van der Waals surface area contributed by atoms with Crippen LogP contribution in [0.2, 0.25) is 0 Å². The summed E-state index contributed by atoms with van der Waals surface area (Å²) in [6.45, 7) is 7.93. The van der Waals surface area contributed by atoms with Crippen molar-refractivity contribution in [2.24, 2.45) is 5.92 Å². The normalized spacial score (nSPS) is 10.7. The molecule has 1 aromatic rings. The first-order valence-corrected chi connectivity index (χ1v) is 4.38. The highest BCUT2D eigenvalue weighted by molar-refractivity contribution is 5.05. The Bertz CT molecular complexity index is 230. The van der Waals surface area contributed by atoms with Gasteiger partial charge in [-0.3, -0.25) is 4.68 Å². The summed E-state index contributed by atoms with van der Waals surface area (Å²) in [5, 5.41) is 4.20. The Morgan fingerprint density at radius 2 is 2.33 bits per heavy atom. The summed E-state index contributed by atoms with van der Waals surface area (Å²) in [4.78, 5) is 0. The van der Waals surface area contributed by atoms with Crippen LogP contribution in [-0.2, 0) is 6.54 Å². The van der Waals surface area contributed by atoms with E-state index < -0.39 is 0 Å². The Morgan fingerprint density at radius 3 is 2.83 bits per heavy atom. The first-order valence-electron chi connectivity index (χ1n) is 4.38. The molecule has 0 spiro atoms. The number of rotatable bonds is 4. The molecule has 0 aliphatic heterocycles. The van der Waals surface area contributed by atoms with E-state index in [4.69, 9.17) is 4.74 Å². The van der Waals surface area contributed by atoms with E-state index >= 15 is 0 Å². The van der Waals surface area contributed by atoms with E-state index in [1.165, 1.54) is 0 Å². The van der Waals surface area contributed by atoms with Gasteiger partial charge in [0.15, 0.2) is 0 Å². The maximum absolute atomic E-state index is 5.42. The zero-order chi connectivity index (χ0) is 8.97. The average molecular weight is 168 g/mol. The molecule has 3 heteroatoms. The Hall–Kier alpha value is -0.990. The number of hydrogen-bond donors (Lipinski definition) is 0. The summed E-state index contributed by atoms with van der Waals surface area (Å²) in [6, 6.07) is 1.89. The second-order valence-corrected chi connectivity index (χ2v) is 3.21. The number of ether oxygens (including phenoxy) is 1. The maximum atomic E-state index is 5.42. The highest BCUT2D eigenvalue weighted by Gasteiger charge is 1.99. The molecule has 12 heavy (non-hydrogen) atoms. The number of hydrogen-bond acceptors (Lipinski definition) is 2. The summed E-state index contributed by atoms with van der Waals surface area (Å²) < 4.78 is 7.27. The van der Waals surface area contributed by atoms with Crippen molar-refractivity contribution in [1.82, 2.24) is 9.78 Å². The fourth-order valence-corrected chi connectivity index (χ4v) is 0.848. The second-order valence-electron chi connectivity index (χ2n) is 3.21. The second kappa shape index (κ2) is 4.14. The van der Waals surface area contributed by atoms with Gasteiger partial charge in [0.1, 0.15) is 0 Å². The molecule has 0 radical (unpaired) electrons. The Kier molecular flexibility index (Phi) is 3.14. The van der Waals surface area contributed by atoms with Crippen LogP contribution in [0.1, 0.15) is 20.8 Å². The molecule has 1 rings (SSSR count). The fraction of sp³-hybridized carbons (Fsp3) is 0.667. The smallest absolute Gasteiger partial charge is 0.232 e. The quantitative estimate of drug-likeness (QED) is 0.687. The third-order valence-corrected chi connectivity index (χ3v) is 1.50. The van der Waals surface area contributed by atoms with E-state index in [2.05, 4.69) is 25.9 Å². The fourth-order valence-electron chi connectivity index (χ4n) is 0.848. The lowest BCUT2D eigenvalue weighted by molar-refractivity contribution is 0.258. The number of aromatic nitrogens is 2. The van der Waals surface area contributed by atoms with Crippen LogP contribution in [-0.4, -0.2) is 16.4 Å². The molecular formula is C9H16N2O. The molecule has 0 bridgehead atoms. The molecule has 3 nitrogen and oxygen atoms in total. The average Bonchev–Trinajstić information content (AvgIpc) is 2.48. The zero-order valence-electron chi connectivity index (χ0n) is 7.95. The van der Waals surface area contributed by atoms with Gasteiger partial charge in [-0.05, 0) is 12.8 Å². The molecule has 68 valence electrons. The monoisotopic (exact) mass is 168 g/mol. The number of nitrogens with zero attached hydrogens (tertiary/aromatic N) is 2. The zero-order valence-corrected chi connectivity index (χ0v) is 7.95. The predicted molar refractivity (Wildman–Crippen MR) is 48.2 cm³/mol. The van der Waals surface area contributed by atoms with Crippen molar-refractivity contribution in [3.05, 3.63) is 12.3 Å². The van der Waals surface area contributed by atoms with Gasteiger partial charge < -0.3 is 4.74 Å². The van der Waals surface area contributed by atoms with Crippen molar-refractivity contribution in [3.8, 4) is 5.88 Å². The van der Waals surface area contributed by atoms with Gasteiger partial charge in [-0.25, -0.2) is 0 Å². The van der Waals surface area contributed by atoms with Gasteiger partial charge >= 0.3 is 0 Å². The topological polar surface area (TPSA) is 27.1 Å².